The molecule has 6 nitrogen and oxygen atoms in total. The third kappa shape index (κ3) is 2.54. The second-order valence-electron chi connectivity index (χ2n) is 6.59. The average Bonchev–Trinajstić information content (AvgIpc) is 3.16. The first-order chi connectivity index (χ1) is 12.6. The van der Waals surface area contributed by atoms with E-state index in [4.69, 9.17) is 4.74 Å². The summed E-state index contributed by atoms with van der Waals surface area (Å²) in [6, 6.07) is 12.1. The zero-order valence-electron chi connectivity index (χ0n) is 14.2. The van der Waals surface area contributed by atoms with Gasteiger partial charge in [0.2, 0.25) is 0 Å². The molecular weight excluding hydrogens is 332 g/mol. The first kappa shape index (κ1) is 16.3. The smallest absolute Gasteiger partial charge is 0.337 e. The molecule has 4 rings (SSSR count). The predicted molar refractivity (Wildman–Crippen MR) is 97.2 cm³/mol. The molecule has 0 saturated heterocycles. The number of hydrogen-bond donors (Lipinski definition) is 1. The van der Waals surface area contributed by atoms with Crippen molar-refractivity contribution < 1.29 is 14.5 Å². The van der Waals surface area contributed by atoms with Crippen molar-refractivity contribution >= 4 is 17.3 Å². The fourth-order valence-electron chi connectivity index (χ4n) is 4.06. The Balaban J connectivity index is 1.79. The fourth-order valence-corrected chi connectivity index (χ4v) is 4.06. The van der Waals surface area contributed by atoms with E-state index in [9.17, 15) is 14.9 Å². The van der Waals surface area contributed by atoms with Crippen molar-refractivity contribution in [2.45, 2.75) is 18.4 Å². The fraction of sp³-hybridized carbons (Fsp3) is 0.250. The van der Waals surface area contributed by atoms with Crippen LogP contribution in [0.25, 0.3) is 0 Å². The van der Waals surface area contributed by atoms with Crippen LogP contribution < -0.4 is 5.32 Å². The van der Waals surface area contributed by atoms with E-state index in [0.717, 1.165) is 17.7 Å². The molecule has 1 N–H and O–H groups in total. The number of anilines is 1. The quantitative estimate of drug-likeness (QED) is 0.388. The lowest BCUT2D eigenvalue weighted by molar-refractivity contribution is -0.385. The Morgan fingerprint density at radius 2 is 2.04 bits per heavy atom. The lowest BCUT2D eigenvalue weighted by Gasteiger charge is -2.37. The second-order valence-corrected chi connectivity index (χ2v) is 6.59. The highest BCUT2D eigenvalue weighted by Crippen LogP contribution is 2.51. The Labute approximate surface area is 150 Å². The van der Waals surface area contributed by atoms with E-state index in [2.05, 4.69) is 17.5 Å². The molecule has 0 radical (unpaired) electrons. The number of nitrogens with one attached hydrogen (secondary N) is 1. The van der Waals surface area contributed by atoms with Gasteiger partial charge in [-0.05, 0) is 36.1 Å². The third-order valence-corrected chi connectivity index (χ3v) is 5.25. The molecule has 1 heterocycles. The molecule has 3 atom stereocenters. The molecule has 0 saturated carbocycles. The van der Waals surface area contributed by atoms with Gasteiger partial charge in [-0.1, -0.05) is 30.4 Å². The Hall–Kier alpha value is -3.15. The number of carbonyl (C=O) groups is 1. The molecule has 0 fully saturated rings. The van der Waals surface area contributed by atoms with Gasteiger partial charge in [-0.15, -0.1) is 0 Å². The summed E-state index contributed by atoms with van der Waals surface area (Å²) in [5.74, 6) is -0.0932. The van der Waals surface area contributed by atoms with Crippen molar-refractivity contribution in [3.8, 4) is 0 Å². The summed E-state index contributed by atoms with van der Waals surface area (Å²) in [7, 11) is 1.36. The van der Waals surface area contributed by atoms with Gasteiger partial charge in [0.05, 0.1) is 29.2 Å². The van der Waals surface area contributed by atoms with Gasteiger partial charge < -0.3 is 10.1 Å². The summed E-state index contributed by atoms with van der Waals surface area (Å²) >= 11 is 0. The summed E-state index contributed by atoms with van der Waals surface area (Å²) in [6.45, 7) is 0. The summed E-state index contributed by atoms with van der Waals surface area (Å²) in [5, 5.41) is 14.9. The summed E-state index contributed by atoms with van der Waals surface area (Å²) < 4.78 is 4.82. The van der Waals surface area contributed by atoms with Gasteiger partial charge in [0.1, 0.15) is 0 Å². The van der Waals surface area contributed by atoms with Crippen LogP contribution in [0.4, 0.5) is 11.4 Å². The number of nitro benzene ring substituents is 1. The van der Waals surface area contributed by atoms with E-state index in [1.807, 2.05) is 24.3 Å². The van der Waals surface area contributed by atoms with E-state index in [1.165, 1.54) is 7.11 Å². The van der Waals surface area contributed by atoms with E-state index in [1.54, 1.807) is 18.2 Å². The number of methoxy groups -OCH3 is 1. The van der Waals surface area contributed by atoms with Gasteiger partial charge in [0.15, 0.2) is 0 Å². The van der Waals surface area contributed by atoms with E-state index < -0.39 is 0 Å². The molecule has 1 aliphatic heterocycles. The van der Waals surface area contributed by atoms with Crippen molar-refractivity contribution in [3.63, 3.8) is 0 Å². The van der Waals surface area contributed by atoms with Crippen LogP contribution in [0.3, 0.4) is 0 Å². The summed E-state index contributed by atoms with van der Waals surface area (Å²) in [4.78, 5) is 23.0. The van der Waals surface area contributed by atoms with Crippen molar-refractivity contribution in [1.82, 2.24) is 0 Å². The summed E-state index contributed by atoms with van der Waals surface area (Å²) in [6.07, 6.45) is 5.07. The molecule has 0 aromatic heterocycles. The van der Waals surface area contributed by atoms with Crippen LogP contribution in [-0.4, -0.2) is 18.0 Å². The van der Waals surface area contributed by atoms with E-state index >= 15 is 0 Å². The highest BCUT2D eigenvalue weighted by Gasteiger charge is 2.40. The number of nitrogens with zero attached hydrogens (tertiary/aromatic N) is 1. The lowest BCUT2D eigenvalue weighted by atomic mass is 9.76. The van der Waals surface area contributed by atoms with Gasteiger partial charge in [0.25, 0.3) is 5.69 Å². The largest absolute Gasteiger partial charge is 0.465 e. The molecular formula is C20H18N2O4. The monoisotopic (exact) mass is 350 g/mol. The standard InChI is InChI=1S/C20H18N2O4/c1-26-20(23)12-9-10-17-16(11-12)13-6-4-7-14(13)19(21-17)15-5-2-3-8-18(15)22(24)25/h2-6,8-11,13-14,19,21H,7H2,1H3/t13-,14+,19-/m1/s1. The minimum Gasteiger partial charge on any atom is -0.465 e. The molecule has 2 aliphatic rings. The second kappa shape index (κ2) is 6.29. The Kier molecular flexibility index (Phi) is 3.95. The van der Waals surface area contributed by atoms with Crippen molar-refractivity contribution in [2.24, 2.45) is 5.92 Å². The first-order valence-electron chi connectivity index (χ1n) is 8.49. The molecule has 2 aromatic rings. The van der Waals surface area contributed by atoms with Crippen molar-refractivity contribution in [2.75, 3.05) is 12.4 Å². The molecule has 1 aliphatic carbocycles. The third-order valence-electron chi connectivity index (χ3n) is 5.25. The molecule has 26 heavy (non-hydrogen) atoms. The van der Waals surface area contributed by atoms with Crippen LogP contribution in [0.15, 0.2) is 54.6 Å². The first-order valence-corrected chi connectivity index (χ1v) is 8.49. The maximum atomic E-state index is 11.9. The van der Waals surface area contributed by atoms with Gasteiger partial charge >= 0.3 is 5.97 Å². The van der Waals surface area contributed by atoms with Gasteiger partial charge in [-0.2, -0.15) is 0 Å². The van der Waals surface area contributed by atoms with Crippen LogP contribution >= 0.6 is 0 Å². The zero-order chi connectivity index (χ0) is 18.3. The number of benzene rings is 2. The Bertz CT molecular complexity index is 922. The van der Waals surface area contributed by atoms with Gasteiger partial charge in [0, 0.05) is 17.7 Å². The van der Waals surface area contributed by atoms with Gasteiger partial charge in [-0.25, -0.2) is 4.79 Å². The lowest BCUT2D eigenvalue weighted by Crippen LogP contribution is -2.29. The minimum absolute atomic E-state index is 0.112. The number of allylic oxidation sites excluding steroid dienone is 2. The van der Waals surface area contributed by atoms with Crippen LogP contribution in [0.1, 0.15) is 39.9 Å². The highest BCUT2D eigenvalue weighted by molar-refractivity contribution is 5.90. The summed E-state index contributed by atoms with van der Waals surface area (Å²) in [5.41, 5.74) is 3.26. The molecule has 2 aromatic carbocycles. The minimum atomic E-state index is -0.368. The van der Waals surface area contributed by atoms with E-state index in [-0.39, 0.29) is 34.5 Å². The maximum Gasteiger partial charge on any atom is 0.337 e. The maximum absolute atomic E-state index is 11.9. The normalized spacial score (nSPS) is 22.9. The number of esters is 1. The number of fused-ring (bicyclic) bond motifs is 3. The number of ether oxygens (including phenoxy) is 1. The van der Waals surface area contributed by atoms with E-state index in [0.29, 0.717) is 11.1 Å². The zero-order valence-corrected chi connectivity index (χ0v) is 14.2. The van der Waals surface area contributed by atoms with Crippen LogP contribution in [-0.2, 0) is 4.74 Å². The molecule has 0 bridgehead atoms. The van der Waals surface area contributed by atoms with Crippen molar-refractivity contribution in [1.29, 1.82) is 0 Å². The van der Waals surface area contributed by atoms with Crippen LogP contribution in [0.5, 0.6) is 0 Å². The molecule has 0 unspecified atom stereocenters. The van der Waals surface area contributed by atoms with Crippen molar-refractivity contribution in [3.05, 3.63) is 81.4 Å². The molecule has 0 spiro atoms. The van der Waals surface area contributed by atoms with Gasteiger partial charge in [-0.3, -0.25) is 10.1 Å². The Morgan fingerprint density at radius 3 is 2.81 bits per heavy atom. The average molecular weight is 350 g/mol. The molecule has 0 amide bonds. The molecule has 132 valence electrons. The molecule has 6 heteroatoms. The SMILES string of the molecule is COC(=O)c1ccc2c(c1)[C@@H]1C=CC[C@@H]1[C@H](c1ccccc1[N+](=O)[O-])N2. The number of nitro groups is 1. The van der Waals surface area contributed by atoms with Crippen LogP contribution in [0.2, 0.25) is 0 Å². The number of para-hydroxylation sites is 1. The number of hydrogen-bond acceptors (Lipinski definition) is 5. The highest BCUT2D eigenvalue weighted by atomic mass is 16.6. The Morgan fingerprint density at radius 1 is 1.23 bits per heavy atom. The number of carbonyl (C=O) groups excluding carboxylic acids is 1. The van der Waals surface area contributed by atoms with Crippen LogP contribution in [0, 0.1) is 16.0 Å². The number of rotatable bonds is 3. The topological polar surface area (TPSA) is 81.5 Å². The predicted octanol–water partition coefficient (Wildman–Crippen LogP) is 4.21.